The van der Waals surface area contributed by atoms with Gasteiger partial charge >= 0.3 is 5.69 Å². The molecule has 2 rings (SSSR count). The van der Waals surface area contributed by atoms with Gasteiger partial charge in [-0.3, -0.25) is 10.3 Å². The molecule has 0 amide bonds. The van der Waals surface area contributed by atoms with E-state index < -0.39 is 36.3 Å². The van der Waals surface area contributed by atoms with Crippen LogP contribution in [0.5, 0.6) is 0 Å². The summed E-state index contributed by atoms with van der Waals surface area (Å²) in [6.45, 7) is 1.12. The van der Waals surface area contributed by atoms with Gasteiger partial charge in [-0.05, 0) is 6.07 Å². The number of nitrogens with two attached hydrogens (primary N) is 2. The molecule has 8 heteroatoms. The average molecular weight is 256 g/mol. The second-order valence-electron chi connectivity index (χ2n) is 4.47. The minimum Gasteiger partial charge on any atom is -0.392 e. The van der Waals surface area contributed by atoms with Crippen LogP contribution in [-0.2, 0) is 4.74 Å². The first-order valence-corrected chi connectivity index (χ1v) is 5.49. The summed E-state index contributed by atoms with van der Waals surface area (Å²) in [5.41, 5.74) is 8.93. The number of aliphatic hydroxyl groups is 2. The van der Waals surface area contributed by atoms with Gasteiger partial charge in [0, 0.05) is 12.1 Å². The van der Waals surface area contributed by atoms with Crippen molar-refractivity contribution in [1.29, 1.82) is 0 Å². The third-order valence-corrected chi connectivity index (χ3v) is 3.16. The number of rotatable bonds is 2. The quantitative estimate of drug-likeness (QED) is 0.480. The second-order valence-corrected chi connectivity index (χ2v) is 4.47. The molecule has 100 valence electrons. The van der Waals surface area contributed by atoms with E-state index in [9.17, 15) is 9.90 Å². The summed E-state index contributed by atoms with van der Waals surface area (Å²) in [5, 5.41) is 19.1. The second kappa shape index (κ2) is 4.32. The molecule has 2 heterocycles. The van der Waals surface area contributed by atoms with Gasteiger partial charge in [0.1, 0.15) is 18.1 Å². The van der Waals surface area contributed by atoms with Crippen molar-refractivity contribution in [3.05, 3.63) is 22.7 Å². The number of hydrogen-bond acceptors (Lipinski definition) is 7. The average Bonchev–Trinajstić information content (AvgIpc) is 2.55. The highest BCUT2D eigenvalue weighted by molar-refractivity contribution is 5.23. The lowest BCUT2D eigenvalue weighted by atomic mass is 9.98. The van der Waals surface area contributed by atoms with Crippen molar-refractivity contribution in [2.45, 2.75) is 25.0 Å². The molecule has 6 N–H and O–H groups in total. The minimum atomic E-state index is -1.58. The molecule has 0 radical (unpaired) electrons. The van der Waals surface area contributed by atoms with Crippen LogP contribution in [0, 0.1) is 5.92 Å². The molecule has 1 aromatic heterocycles. The Morgan fingerprint density at radius 3 is 2.83 bits per heavy atom. The third kappa shape index (κ3) is 1.89. The van der Waals surface area contributed by atoms with Gasteiger partial charge in [0.2, 0.25) is 0 Å². The van der Waals surface area contributed by atoms with Crippen LogP contribution in [0.1, 0.15) is 13.2 Å². The first-order valence-electron chi connectivity index (χ1n) is 5.49. The van der Waals surface area contributed by atoms with Crippen molar-refractivity contribution in [3.8, 4) is 0 Å². The van der Waals surface area contributed by atoms with Gasteiger partial charge in [-0.15, -0.1) is 0 Å². The lowest BCUT2D eigenvalue weighted by Crippen LogP contribution is -2.52. The maximum atomic E-state index is 11.7. The van der Waals surface area contributed by atoms with Gasteiger partial charge < -0.3 is 20.7 Å². The summed E-state index contributed by atoms with van der Waals surface area (Å²) in [6, 6.07) is 1.44. The highest BCUT2D eigenvalue weighted by Gasteiger charge is 2.51. The normalized spacial score (nSPS) is 35.9. The Morgan fingerprint density at radius 1 is 1.67 bits per heavy atom. The highest BCUT2D eigenvalue weighted by Crippen LogP contribution is 2.37. The van der Waals surface area contributed by atoms with E-state index in [0.717, 1.165) is 0 Å². The molecule has 8 nitrogen and oxygen atoms in total. The number of ether oxygens (including phenoxy) is 1. The molecular weight excluding hydrogens is 240 g/mol. The molecule has 0 saturated carbocycles. The molecular formula is C10H16N4O4. The summed E-state index contributed by atoms with van der Waals surface area (Å²) >= 11 is 0. The van der Waals surface area contributed by atoms with Crippen molar-refractivity contribution in [3.63, 3.8) is 0 Å². The van der Waals surface area contributed by atoms with Gasteiger partial charge in [0.15, 0.2) is 5.72 Å². The van der Waals surface area contributed by atoms with Crippen LogP contribution in [0.2, 0.25) is 0 Å². The fourth-order valence-electron chi connectivity index (χ4n) is 2.06. The van der Waals surface area contributed by atoms with Crippen LogP contribution in [0.4, 0.5) is 5.82 Å². The minimum absolute atomic E-state index is 0.101. The van der Waals surface area contributed by atoms with Crippen molar-refractivity contribution in [1.82, 2.24) is 9.55 Å². The van der Waals surface area contributed by atoms with Crippen LogP contribution in [-0.4, -0.2) is 38.2 Å². The molecule has 0 bridgehead atoms. The maximum Gasteiger partial charge on any atom is 0.351 e. The topological polar surface area (TPSA) is 137 Å². The molecule has 1 aliphatic rings. The van der Waals surface area contributed by atoms with Crippen LogP contribution in [0.3, 0.4) is 0 Å². The monoisotopic (exact) mass is 256 g/mol. The van der Waals surface area contributed by atoms with Crippen LogP contribution < -0.4 is 17.2 Å². The summed E-state index contributed by atoms with van der Waals surface area (Å²) in [6.07, 6.45) is -0.462. The zero-order valence-corrected chi connectivity index (χ0v) is 9.85. The Kier molecular flexibility index (Phi) is 3.11. The molecule has 1 aromatic rings. The number of nitrogens with zero attached hydrogens (tertiary/aromatic N) is 2. The standard InChI is InChI=1S/C10H16N4O4/c1-5-7(16)10(12,4-15)18-8(5)14-3-2-6(11)13-9(14)17/h2-3,5,7-8,15-16H,4,12H2,1H3,(H2,11,13,17)/t5-,7-,8+,10+/m0/s1. The van der Waals surface area contributed by atoms with E-state index in [4.69, 9.17) is 21.3 Å². The first-order chi connectivity index (χ1) is 8.39. The SMILES string of the molecule is C[C@@H]1[C@H](n2ccc(N)nc2=O)O[C@](N)(CO)[C@H]1O. The molecule has 18 heavy (non-hydrogen) atoms. The molecule has 1 fully saturated rings. The number of hydrogen-bond donors (Lipinski definition) is 4. The third-order valence-electron chi connectivity index (χ3n) is 3.16. The van der Waals surface area contributed by atoms with Crippen molar-refractivity contribution < 1.29 is 14.9 Å². The van der Waals surface area contributed by atoms with Crippen molar-refractivity contribution in [2.24, 2.45) is 11.7 Å². The molecule has 0 spiro atoms. The Bertz CT molecular complexity index is 505. The highest BCUT2D eigenvalue weighted by atomic mass is 16.6. The van der Waals surface area contributed by atoms with E-state index >= 15 is 0 Å². The number of anilines is 1. The van der Waals surface area contributed by atoms with Crippen LogP contribution >= 0.6 is 0 Å². The fourth-order valence-corrected chi connectivity index (χ4v) is 2.06. The molecule has 4 atom stereocenters. The van der Waals surface area contributed by atoms with Crippen molar-refractivity contribution >= 4 is 5.82 Å². The van der Waals surface area contributed by atoms with E-state index in [2.05, 4.69) is 4.98 Å². The van der Waals surface area contributed by atoms with Gasteiger partial charge in [-0.2, -0.15) is 4.98 Å². The number of aromatic nitrogens is 2. The molecule has 0 unspecified atom stereocenters. The zero-order chi connectivity index (χ0) is 13.5. The van der Waals surface area contributed by atoms with Gasteiger partial charge in [-0.25, -0.2) is 4.79 Å². The molecule has 1 aliphatic heterocycles. The number of nitrogen functional groups attached to an aromatic ring is 1. The Balaban J connectivity index is 2.38. The summed E-state index contributed by atoms with van der Waals surface area (Å²) in [5.74, 6) is -0.367. The zero-order valence-electron chi connectivity index (χ0n) is 9.85. The van der Waals surface area contributed by atoms with Gasteiger partial charge in [-0.1, -0.05) is 6.92 Å². The van der Waals surface area contributed by atoms with E-state index in [0.29, 0.717) is 0 Å². The predicted octanol–water partition coefficient (Wildman–Crippen LogP) is -2.00. The summed E-state index contributed by atoms with van der Waals surface area (Å²) < 4.78 is 6.58. The molecule has 1 saturated heterocycles. The fraction of sp³-hybridized carbons (Fsp3) is 0.600. The first kappa shape index (κ1) is 13.0. The lowest BCUT2D eigenvalue weighted by molar-refractivity contribution is -0.125. The Hall–Kier alpha value is -1.48. The largest absolute Gasteiger partial charge is 0.392 e. The maximum absolute atomic E-state index is 11.7. The van der Waals surface area contributed by atoms with E-state index in [-0.39, 0.29) is 5.82 Å². The van der Waals surface area contributed by atoms with Crippen molar-refractivity contribution in [2.75, 3.05) is 12.3 Å². The van der Waals surface area contributed by atoms with E-state index in [1.165, 1.54) is 16.8 Å². The Labute approximate surface area is 103 Å². The van der Waals surface area contributed by atoms with E-state index in [1.807, 2.05) is 0 Å². The molecule has 0 aromatic carbocycles. The van der Waals surface area contributed by atoms with Gasteiger partial charge in [0.05, 0.1) is 6.61 Å². The Morgan fingerprint density at radius 2 is 2.33 bits per heavy atom. The predicted molar refractivity (Wildman–Crippen MR) is 62.2 cm³/mol. The van der Waals surface area contributed by atoms with E-state index in [1.54, 1.807) is 6.92 Å². The summed E-state index contributed by atoms with van der Waals surface area (Å²) in [7, 11) is 0. The molecule has 0 aliphatic carbocycles. The summed E-state index contributed by atoms with van der Waals surface area (Å²) in [4.78, 5) is 15.3. The van der Waals surface area contributed by atoms with Gasteiger partial charge in [0.25, 0.3) is 0 Å². The lowest BCUT2D eigenvalue weighted by Gasteiger charge is -2.24. The number of aliphatic hydroxyl groups excluding tert-OH is 2. The smallest absolute Gasteiger partial charge is 0.351 e. The van der Waals surface area contributed by atoms with Crippen LogP contribution in [0.15, 0.2) is 17.1 Å². The van der Waals surface area contributed by atoms with Crippen LogP contribution in [0.25, 0.3) is 0 Å².